The number of carbonyl (C=O) groups excluding carboxylic acids is 1. The van der Waals surface area contributed by atoms with E-state index in [1.807, 2.05) is 50.4 Å². The van der Waals surface area contributed by atoms with Crippen molar-refractivity contribution in [3.05, 3.63) is 64.3 Å². The van der Waals surface area contributed by atoms with Crippen LogP contribution in [0.3, 0.4) is 0 Å². The lowest BCUT2D eigenvalue weighted by molar-refractivity contribution is 0.0677. The van der Waals surface area contributed by atoms with Gasteiger partial charge >= 0.3 is 0 Å². The maximum atomic E-state index is 13.5. The molecule has 9 heteroatoms. The van der Waals surface area contributed by atoms with E-state index in [9.17, 15) is 18.3 Å². The van der Waals surface area contributed by atoms with Crippen LogP contribution in [0.4, 0.5) is 0 Å². The molecule has 2 N–H and O–H groups in total. The smallest absolute Gasteiger partial charge is 0.273 e. The van der Waals surface area contributed by atoms with Crippen LogP contribution in [0.15, 0.2) is 41.3 Å². The van der Waals surface area contributed by atoms with Crippen LogP contribution in [0.1, 0.15) is 45.2 Å². The Morgan fingerprint density at radius 3 is 2.48 bits per heavy atom. The second-order valence-electron chi connectivity index (χ2n) is 8.76. The zero-order chi connectivity index (χ0) is 23.5. The summed E-state index contributed by atoms with van der Waals surface area (Å²) in [6.45, 7) is 3.89. The van der Waals surface area contributed by atoms with Crippen LogP contribution in [-0.2, 0) is 9.84 Å². The molecule has 0 spiro atoms. The molecule has 1 fully saturated rings. The highest BCUT2D eigenvalue weighted by Crippen LogP contribution is 2.47. The lowest BCUT2D eigenvalue weighted by Gasteiger charge is -2.31. The van der Waals surface area contributed by atoms with Gasteiger partial charge in [0.05, 0.1) is 17.5 Å². The molecule has 1 aromatic heterocycles. The largest absolute Gasteiger partial charge is 0.507 e. The summed E-state index contributed by atoms with van der Waals surface area (Å²) >= 11 is 1.63. The van der Waals surface area contributed by atoms with Crippen LogP contribution in [0, 0.1) is 13.8 Å². The van der Waals surface area contributed by atoms with Gasteiger partial charge in [-0.3, -0.25) is 9.89 Å². The first-order chi connectivity index (χ1) is 15.7. The van der Waals surface area contributed by atoms with Gasteiger partial charge in [-0.15, -0.1) is 11.8 Å². The molecule has 33 heavy (non-hydrogen) atoms. The lowest BCUT2D eigenvalue weighted by Crippen LogP contribution is -2.40. The summed E-state index contributed by atoms with van der Waals surface area (Å²) in [5.74, 6) is -0.122. The fourth-order valence-electron chi connectivity index (χ4n) is 4.85. The standard InChI is InChI=1S/C24H25N3O4S2/c1-13-10-18(19(28)11-14(13)2)21-20-22(26-25-21)24(29)27(16-8-9-33(30,31)12-16)23(20)15-4-6-17(32-3)7-5-15/h4-7,10-11,16,23,28H,8-9,12H2,1-3H3,(H,25,26). The molecule has 3 heterocycles. The average Bonchev–Trinajstić information content (AvgIpc) is 3.44. The van der Waals surface area contributed by atoms with E-state index in [1.54, 1.807) is 22.7 Å². The van der Waals surface area contributed by atoms with Gasteiger partial charge in [0.2, 0.25) is 0 Å². The van der Waals surface area contributed by atoms with Gasteiger partial charge in [0.25, 0.3) is 5.91 Å². The van der Waals surface area contributed by atoms with Crippen LogP contribution < -0.4 is 0 Å². The molecule has 2 aliphatic rings. The monoisotopic (exact) mass is 483 g/mol. The number of hydrogen-bond acceptors (Lipinski definition) is 6. The number of sulfone groups is 1. The molecule has 0 aliphatic carbocycles. The summed E-state index contributed by atoms with van der Waals surface area (Å²) in [6, 6.07) is 10.6. The number of thioether (sulfide) groups is 1. The maximum Gasteiger partial charge on any atom is 0.273 e. The molecule has 1 amide bonds. The van der Waals surface area contributed by atoms with Gasteiger partial charge in [0.1, 0.15) is 17.1 Å². The van der Waals surface area contributed by atoms with E-state index in [2.05, 4.69) is 10.2 Å². The lowest BCUT2D eigenvalue weighted by atomic mass is 9.93. The Labute approximate surface area is 197 Å². The van der Waals surface area contributed by atoms with Gasteiger partial charge in [-0.25, -0.2) is 8.42 Å². The quantitative estimate of drug-likeness (QED) is 0.547. The molecular formula is C24H25N3O4S2. The molecule has 0 bridgehead atoms. The number of aromatic hydroxyl groups is 1. The highest BCUT2D eigenvalue weighted by molar-refractivity contribution is 7.98. The van der Waals surface area contributed by atoms with E-state index in [0.29, 0.717) is 28.9 Å². The normalized spacial score (nSPS) is 21.5. The first kappa shape index (κ1) is 22.0. The molecule has 2 aromatic carbocycles. The Kier molecular flexibility index (Phi) is 5.29. The fourth-order valence-corrected chi connectivity index (χ4v) is 6.97. The number of aromatic nitrogens is 2. The molecule has 172 valence electrons. The summed E-state index contributed by atoms with van der Waals surface area (Å²) in [6.07, 6.45) is 2.41. The number of fused-ring (bicyclic) bond motifs is 1. The Hall–Kier alpha value is -2.78. The first-order valence-corrected chi connectivity index (χ1v) is 13.8. The van der Waals surface area contributed by atoms with E-state index < -0.39 is 21.9 Å². The van der Waals surface area contributed by atoms with Crippen molar-refractivity contribution in [2.45, 2.75) is 37.2 Å². The summed E-state index contributed by atoms with van der Waals surface area (Å²) in [5.41, 5.74) is 4.95. The van der Waals surface area contributed by atoms with E-state index in [1.165, 1.54) is 0 Å². The van der Waals surface area contributed by atoms with Crippen molar-refractivity contribution in [3.63, 3.8) is 0 Å². The summed E-state index contributed by atoms with van der Waals surface area (Å²) in [5, 5.41) is 18.0. The van der Waals surface area contributed by atoms with Crippen LogP contribution in [0.5, 0.6) is 5.75 Å². The number of phenols is 1. The SMILES string of the molecule is CSc1ccc(C2c3c(-c4cc(C)c(C)cc4O)n[nH]c3C(=O)N2C2CCS(=O)(=O)C2)cc1. The minimum Gasteiger partial charge on any atom is -0.507 e. The van der Waals surface area contributed by atoms with Crippen molar-refractivity contribution >= 4 is 27.5 Å². The van der Waals surface area contributed by atoms with E-state index in [4.69, 9.17) is 0 Å². The van der Waals surface area contributed by atoms with Crippen molar-refractivity contribution in [2.24, 2.45) is 0 Å². The highest BCUT2D eigenvalue weighted by atomic mass is 32.2. The first-order valence-electron chi connectivity index (χ1n) is 10.8. The number of aromatic amines is 1. The Morgan fingerprint density at radius 2 is 1.85 bits per heavy atom. The van der Waals surface area contributed by atoms with Crippen molar-refractivity contribution in [1.82, 2.24) is 15.1 Å². The van der Waals surface area contributed by atoms with Gasteiger partial charge in [-0.1, -0.05) is 12.1 Å². The van der Waals surface area contributed by atoms with Crippen molar-refractivity contribution in [3.8, 4) is 17.0 Å². The molecule has 1 saturated heterocycles. The maximum absolute atomic E-state index is 13.5. The number of amides is 1. The van der Waals surface area contributed by atoms with Crippen LogP contribution in [0.25, 0.3) is 11.3 Å². The zero-order valence-corrected chi connectivity index (χ0v) is 20.3. The number of phenolic OH excluding ortho intramolecular Hbond substituents is 1. The summed E-state index contributed by atoms with van der Waals surface area (Å²) in [7, 11) is -3.19. The second kappa shape index (κ2) is 7.92. The third-order valence-corrected chi connectivity index (χ3v) is 9.20. The number of aryl methyl sites for hydroxylation is 2. The third-order valence-electron chi connectivity index (χ3n) is 6.70. The zero-order valence-electron chi connectivity index (χ0n) is 18.6. The van der Waals surface area contributed by atoms with Crippen LogP contribution in [-0.4, -0.2) is 58.3 Å². The Morgan fingerprint density at radius 1 is 1.15 bits per heavy atom. The number of hydrogen-bond donors (Lipinski definition) is 2. The van der Waals surface area contributed by atoms with Crippen LogP contribution >= 0.6 is 11.8 Å². The minimum atomic E-state index is -3.19. The number of H-pyrrole nitrogens is 1. The summed E-state index contributed by atoms with van der Waals surface area (Å²) in [4.78, 5) is 16.3. The molecule has 0 radical (unpaired) electrons. The number of nitrogens with one attached hydrogen (secondary N) is 1. The highest BCUT2D eigenvalue weighted by Gasteiger charge is 2.48. The van der Waals surface area contributed by atoms with Gasteiger partial charge < -0.3 is 10.0 Å². The van der Waals surface area contributed by atoms with Crippen molar-refractivity contribution in [1.29, 1.82) is 0 Å². The van der Waals surface area contributed by atoms with E-state index in [-0.39, 0.29) is 23.2 Å². The molecule has 2 aliphatic heterocycles. The molecule has 2 unspecified atom stereocenters. The summed E-state index contributed by atoms with van der Waals surface area (Å²) < 4.78 is 24.5. The number of nitrogens with zero attached hydrogens (tertiary/aromatic N) is 2. The topological polar surface area (TPSA) is 103 Å². The Balaban J connectivity index is 1.69. The minimum absolute atomic E-state index is 0.0416. The van der Waals surface area contributed by atoms with Gasteiger partial charge in [0, 0.05) is 22.1 Å². The molecule has 5 rings (SSSR count). The molecule has 3 aromatic rings. The predicted octanol–water partition coefficient (Wildman–Crippen LogP) is 3.85. The molecular weight excluding hydrogens is 458 g/mol. The fraction of sp³-hybridized carbons (Fsp3) is 0.333. The van der Waals surface area contributed by atoms with Crippen LogP contribution in [0.2, 0.25) is 0 Å². The van der Waals surface area contributed by atoms with E-state index >= 15 is 0 Å². The van der Waals surface area contributed by atoms with Gasteiger partial charge in [-0.05, 0) is 67.5 Å². The number of rotatable bonds is 4. The molecule has 0 saturated carbocycles. The van der Waals surface area contributed by atoms with E-state index in [0.717, 1.165) is 21.6 Å². The molecule has 2 atom stereocenters. The average molecular weight is 484 g/mol. The Bertz CT molecular complexity index is 1360. The molecule has 7 nitrogen and oxygen atoms in total. The second-order valence-corrected chi connectivity index (χ2v) is 11.9. The van der Waals surface area contributed by atoms with Crippen molar-refractivity contribution < 1.29 is 18.3 Å². The van der Waals surface area contributed by atoms with Gasteiger partial charge in [0.15, 0.2) is 9.84 Å². The predicted molar refractivity (Wildman–Crippen MR) is 128 cm³/mol. The number of benzene rings is 2. The third kappa shape index (κ3) is 3.63. The van der Waals surface area contributed by atoms with Gasteiger partial charge in [-0.2, -0.15) is 5.10 Å². The van der Waals surface area contributed by atoms with Crippen molar-refractivity contribution in [2.75, 3.05) is 17.8 Å². The number of carbonyl (C=O) groups is 1.